The van der Waals surface area contributed by atoms with E-state index in [2.05, 4.69) is 33.1 Å². The Hall–Kier alpha value is -5.29. The van der Waals surface area contributed by atoms with Crippen LogP contribution < -0.4 is 21.3 Å². The SMILES string of the molecule is O=C1CCC(N2Cc3c(C#CC4CCN(C(=O)C56CCC(NC(=O)[C@@H]7NC8(CCCCC8)[C@@]8(C(=O)Nc9cc(Cl)ccc98)[C@H]7c7cccc(Cl)c7F)(CC5)CC6)CC4)cccc3C2=O)C(=O)N1. The predicted octanol–water partition coefficient (Wildman–Crippen LogP) is 7.04. The molecule has 0 radical (unpaired) electrons. The summed E-state index contributed by atoms with van der Waals surface area (Å²) in [5.74, 6) is 3.90. The molecule has 1 unspecified atom stereocenters. The molecule has 12 nitrogen and oxygen atoms in total. The molecule has 5 heterocycles. The molecule has 12 rings (SSSR count). The van der Waals surface area contributed by atoms with E-state index in [1.807, 2.05) is 23.1 Å². The summed E-state index contributed by atoms with van der Waals surface area (Å²) in [5, 5.41) is 13.1. The number of carbonyl (C=O) groups is 6. The molecule has 348 valence electrons. The van der Waals surface area contributed by atoms with Gasteiger partial charge in [0.15, 0.2) is 0 Å². The van der Waals surface area contributed by atoms with Crippen LogP contribution >= 0.6 is 23.2 Å². The zero-order valence-corrected chi connectivity index (χ0v) is 38.7. The lowest BCUT2D eigenvalue weighted by Crippen LogP contribution is -2.63. The zero-order chi connectivity index (χ0) is 46.5. The maximum atomic E-state index is 16.5. The third-order valence-corrected chi connectivity index (χ3v) is 17.7. The van der Waals surface area contributed by atoms with Crippen LogP contribution in [0.4, 0.5) is 10.1 Å². The number of benzene rings is 3. The molecule has 3 aromatic carbocycles. The number of piperidine rings is 2. The molecule has 9 aliphatic rings. The van der Waals surface area contributed by atoms with Gasteiger partial charge in [0.2, 0.25) is 29.5 Å². The molecule has 5 aliphatic heterocycles. The van der Waals surface area contributed by atoms with Gasteiger partial charge in [-0.1, -0.05) is 78.6 Å². The van der Waals surface area contributed by atoms with E-state index in [1.54, 1.807) is 30.3 Å². The molecular weight excluding hydrogens is 895 g/mol. The summed E-state index contributed by atoms with van der Waals surface area (Å²) in [7, 11) is 0. The Balaban J connectivity index is 0.773. The highest BCUT2D eigenvalue weighted by atomic mass is 35.5. The molecule has 15 heteroatoms. The molecule has 2 bridgehead atoms. The highest BCUT2D eigenvalue weighted by Crippen LogP contribution is 2.63. The Morgan fingerprint density at radius 2 is 1.57 bits per heavy atom. The zero-order valence-electron chi connectivity index (χ0n) is 37.2. The molecular formula is C52H53Cl2FN6O6. The second-order valence-electron chi connectivity index (χ2n) is 20.5. The van der Waals surface area contributed by atoms with E-state index in [0.29, 0.717) is 92.7 Å². The maximum absolute atomic E-state index is 16.5. The fraction of sp³-hybridized carbons (Fsp3) is 0.500. The maximum Gasteiger partial charge on any atom is 0.255 e. The van der Waals surface area contributed by atoms with Crippen molar-refractivity contribution in [2.75, 3.05) is 18.4 Å². The van der Waals surface area contributed by atoms with Crippen molar-refractivity contribution in [2.24, 2.45) is 11.3 Å². The normalized spacial score (nSPS) is 30.8. The standard InChI is InChI=1S/C52H53Cl2FN6O6/c53-32-12-13-36-38(28-32)56-47(66)52(36)41(34-8-5-9-37(54)42(34)55)43(58-51(52)18-2-1-3-19-51)45(64)59-50-23-20-49(21-24-50,22-25-50)48(67)60-26-16-30(17-27-60)10-11-31-6-4-7-33-35(31)29-61(46(33)65)39-14-15-40(62)57-44(39)63/h4-9,12-13,28,30,39,41,43,58H,1-3,14-27,29H2,(H,56,66)(H,59,64)(H,57,62,63)/t39?,41-,43+,49?,50?,52+/m0/s1. The predicted molar refractivity (Wildman–Crippen MR) is 248 cm³/mol. The molecule has 7 fully saturated rings. The minimum absolute atomic E-state index is 0.0714. The van der Waals surface area contributed by atoms with E-state index < -0.39 is 51.6 Å². The Bertz CT molecular complexity index is 2700. The van der Waals surface area contributed by atoms with Gasteiger partial charge in [-0.05, 0) is 118 Å². The minimum Gasteiger partial charge on any atom is -0.349 e. The second-order valence-corrected chi connectivity index (χ2v) is 21.3. The average molecular weight is 948 g/mol. The summed E-state index contributed by atoms with van der Waals surface area (Å²) < 4.78 is 16.5. The van der Waals surface area contributed by atoms with E-state index >= 15 is 9.18 Å². The van der Waals surface area contributed by atoms with Crippen molar-refractivity contribution < 1.29 is 33.2 Å². The van der Waals surface area contributed by atoms with E-state index in [0.717, 1.165) is 43.2 Å². The fourth-order valence-electron chi connectivity index (χ4n) is 13.7. The molecule has 3 saturated heterocycles. The fourth-order valence-corrected chi connectivity index (χ4v) is 14.0. The van der Waals surface area contributed by atoms with Gasteiger partial charge in [-0.2, -0.15) is 0 Å². The average Bonchev–Trinajstić information content (AvgIpc) is 3.93. The first-order chi connectivity index (χ1) is 32.3. The van der Waals surface area contributed by atoms with Crippen molar-refractivity contribution in [1.82, 2.24) is 25.8 Å². The first-order valence-corrected chi connectivity index (χ1v) is 24.8. The number of likely N-dealkylation sites (tertiary alicyclic amines) is 1. The van der Waals surface area contributed by atoms with E-state index in [-0.39, 0.29) is 59.0 Å². The number of halogens is 3. The summed E-state index contributed by atoms with van der Waals surface area (Å²) in [6.45, 7) is 1.45. The van der Waals surface area contributed by atoms with E-state index in [9.17, 15) is 24.0 Å². The van der Waals surface area contributed by atoms with Gasteiger partial charge in [0.25, 0.3) is 5.91 Å². The van der Waals surface area contributed by atoms with Crippen LogP contribution in [-0.4, -0.2) is 81.5 Å². The van der Waals surface area contributed by atoms with Gasteiger partial charge in [-0.25, -0.2) is 4.39 Å². The Labute approximate surface area is 398 Å². The number of amides is 6. The summed E-state index contributed by atoms with van der Waals surface area (Å²) in [6, 6.07) is 14.0. The Morgan fingerprint density at radius 1 is 0.836 bits per heavy atom. The van der Waals surface area contributed by atoms with E-state index in [1.165, 1.54) is 11.0 Å². The first kappa shape index (κ1) is 44.2. The molecule has 3 aromatic rings. The van der Waals surface area contributed by atoms with Crippen LogP contribution in [0.15, 0.2) is 54.6 Å². The van der Waals surface area contributed by atoms with Gasteiger partial charge in [-0.15, -0.1) is 0 Å². The molecule has 67 heavy (non-hydrogen) atoms. The van der Waals surface area contributed by atoms with E-state index in [4.69, 9.17) is 23.2 Å². The minimum atomic E-state index is -1.32. The molecule has 2 spiro atoms. The lowest BCUT2D eigenvalue weighted by Gasteiger charge is -2.54. The first-order valence-electron chi connectivity index (χ1n) is 24.0. The molecule has 0 aromatic heterocycles. The number of anilines is 1. The monoisotopic (exact) mass is 946 g/mol. The molecule has 4 saturated carbocycles. The molecule has 4 atom stereocenters. The number of rotatable bonds is 5. The molecule has 4 N–H and O–H groups in total. The number of nitrogens with one attached hydrogen (secondary N) is 4. The second kappa shape index (κ2) is 16.4. The van der Waals surface area contributed by atoms with Crippen LogP contribution in [0.1, 0.15) is 135 Å². The smallest absolute Gasteiger partial charge is 0.255 e. The summed E-state index contributed by atoms with van der Waals surface area (Å²) in [6.07, 6.45) is 9.76. The highest BCUT2D eigenvalue weighted by molar-refractivity contribution is 6.31. The Kier molecular flexibility index (Phi) is 10.9. The third kappa shape index (κ3) is 6.93. The number of carbonyl (C=O) groups excluding carboxylic acids is 6. The van der Waals surface area contributed by atoms with Crippen LogP contribution in [0.3, 0.4) is 0 Å². The van der Waals surface area contributed by atoms with Crippen LogP contribution in [0, 0.1) is 29.0 Å². The van der Waals surface area contributed by atoms with Crippen molar-refractivity contribution in [3.05, 3.63) is 98.3 Å². The van der Waals surface area contributed by atoms with Crippen LogP contribution in [0.2, 0.25) is 10.0 Å². The Morgan fingerprint density at radius 3 is 2.30 bits per heavy atom. The van der Waals surface area contributed by atoms with Crippen LogP contribution in [-0.2, 0) is 35.9 Å². The number of imide groups is 1. The topological polar surface area (TPSA) is 157 Å². The van der Waals surface area contributed by atoms with Crippen molar-refractivity contribution >= 4 is 64.3 Å². The largest absolute Gasteiger partial charge is 0.349 e. The summed E-state index contributed by atoms with van der Waals surface area (Å²) in [4.78, 5) is 85.6. The third-order valence-electron chi connectivity index (χ3n) is 17.2. The number of fused-ring (bicyclic) bond motifs is 7. The lowest BCUT2D eigenvalue weighted by molar-refractivity contribution is -0.151. The van der Waals surface area contributed by atoms with Crippen molar-refractivity contribution in [3.8, 4) is 11.8 Å². The number of hydrogen-bond donors (Lipinski definition) is 4. The van der Waals surface area contributed by atoms with Crippen molar-refractivity contribution in [2.45, 2.75) is 137 Å². The lowest BCUT2D eigenvalue weighted by atomic mass is 9.55. The molecule has 4 aliphatic carbocycles. The number of hydrogen-bond acceptors (Lipinski definition) is 7. The molecule has 6 amide bonds. The summed E-state index contributed by atoms with van der Waals surface area (Å²) in [5.41, 5.74) is 0.387. The summed E-state index contributed by atoms with van der Waals surface area (Å²) >= 11 is 12.9. The van der Waals surface area contributed by atoms with Gasteiger partial charge >= 0.3 is 0 Å². The van der Waals surface area contributed by atoms with Gasteiger partial charge in [-0.3, -0.25) is 39.4 Å². The number of nitrogens with zero attached hydrogens (tertiary/aromatic N) is 2. The van der Waals surface area contributed by atoms with Crippen molar-refractivity contribution in [3.63, 3.8) is 0 Å². The van der Waals surface area contributed by atoms with Gasteiger partial charge < -0.3 is 20.4 Å². The van der Waals surface area contributed by atoms with Crippen LogP contribution in [0.5, 0.6) is 0 Å². The van der Waals surface area contributed by atoms with Crippen LogP contribution in [0.25, 0.3) is 0 Å². The highest BCUT2D eigenvalue weighted by Gasteiger charge is 2.72. The van der Waals surface area contributed by atoms with Gasteiger partial charge in [0.1, 0.15) is 17.3 Å². The van der Waals surface area contributed by atoms with Gasteiger partial charge in [0, 0.05) is 76.2 Å². The van der Waals surface area contributed by atoms with Gasteiger partial charge in [0.05, 0.1) is 11.1 Å². The quantitative estimate of drug-likeness (QED) is 0.158. The van der Waals surface area contributed by atoms with Crippen molar-refractivity contribution in [1.29, 1.82) is 0 Å².